The van der Waals surface area contributed by atoms with Gasteiger partial charge in [-0.3, -0.25) is 4.79 Å². The molecule has 0 spiro atoms. The molecule has 0 radical (unpaired) electrons. The van der Waals surface area contributed by atoms with Crippen LogP contribution in [0.25, 0.3) is 0 Å². The fourth-order valence-electron chi connectivity index (χ4n) is 1.63. The first kappa shape index (κ1) is 10.8. The van der Waals surface area contributed by atoms with Crippen LogP contribution in [-0.2, 0) is 9.59 Å². The third kappa shape index (κ3) is 3.20. The van der Waals surface area contributed by atoms with Crippen molar-refractivity contribution >= 4 is 11.9 Å². The Morgan fingerprint density at radius 1 is 1.43 bits per heavy atom. The van der Waals surface area contributed by atoms with Crippen LogP contribution in [0.5, 0.6) is 0 Å². The predicted octanol–water partition coefficient (Wildman–Crippen LogP) is -0.449. The van der Waals surface area contributed by atoms with Gasteiger partial charge in [-0.2, -0.15) is 0 Å². The molecule has 0 bridgehead atoms. The van der Waals surface area contributed by atoms with Crippen LogP contribution in [0.15, 0.2) is 12.2 Å². The van der Waals surface area contributed by atoms with E-state index in [2.05, 4.69) is 6.92 Å². The van der Waals surface area contributed by atoms with Crippen molar-refractivity contribution in [2.45, 2.75) is 19.8 Å². The van der Waals surface area contributed by atoms with E-state index in [0.717, 1.165) is 38.1 Å². The van der Waals surface area contributed by atoms with E-state index in [0.29, 0.717) is 5.92 Å². The minimum absolute atomic E-state index is 0.235. The van der Waals surface area contributed by atoms with Gasteiger partial charge in [0.2, 0.25) is 5.91 Å². The number of nitrogens with zero attached hydrogens (tertiary/aromatic N) is 1. The van der Waals surface area contributed by atoms with E-state index in [1.165, 1.54) is 0 Å². The van der Waals surface area contributed by atoms with Gasteiger partial charge >= 0.3 is 0 Å². The maximum Gasteiger partial charge on any atom is 0.246 e. The van der Waals surface area contributed by atoms with Gasteiger partial charge in [-0.05, 0) is 24.8 Å². The summed E-state index contributed by atoms with van der Waals surface area (Å²) >= 11 is 0. The third-order valence-corrected chi connectivity index (χ3v) is 2.33. The van der Waals surface area contributed by atoms with E-state index in [-0.39, 0.29) is 5.91 Å². The van der Waals surface area contributed by atoms with Gasteiger partial charge in [0, 0.05) is 19.2 Å². The number of carbonyl (C=O) groups excluding carboxylic acids is 2. The predicted molar refractivity (Wildman–Crippen MR) is 49.1 cm³/mol. The van der Waals surface area contributed by atoms with Crippen molar-refractivity contribution in [2.75, 3.05) is 13.1 Å². The molecule has 4 nitrogen and oxygen atoms in total. The Hall–Kier alpha value is -1.32. The number of hydrogen-bond acceptors (Lipinski definition) is 3. The second-order valence-electron chi connectivity index (χ2n) is 3.68. The summed E-state index contributed by atoms with van der Waals surface area (Å²) in [6.07, 6.45) is 3.97. The number of piperidine rings is 1. The molecular formula is C10H14NO3-. The first-order valence-electron chi connectivity index (χ1n) is 4.77. The molecule has 0 aromatic rings. The van der Waals surface area contributed by atoms with E-state index in [4.69, 9.17) is 0 Å². The minimum Gasteiger partial charge on any atom is -0.545 e. The van der Waals surface area contributed by atoms with Gasteiger partial charge in [-0.25, -0.2) is 0 Å². The smallest absolute Gasteiger partial charge is 0.246 e. The Kier molecular flexibility index (Phi) is 3.68. The van der Waals surface area contributed by atoms with Crippen molar-refractivity contribution in [1.82, 2.24) is 4.90 Å². The maximum absolute atomic E-state index is 11.4. The topological polar surface area (TPSA) is 60.4 Å². The Balaban J connectivity index is 2.47. The van der Waals surface area contributed by atoms with Gasteiger partial charge in [0.15, 0.2) is 0 Å². The number of carbonyl (C=O) groups is 2. The lowest BCUT2D eigenvalue weighted by Crippen LogP contribution is -2.38. The zero-order valence-electron chi connectivity index (χ0n) is 8.23. The third-order valence-electron chi connectivity index (χ3n) is 2.33. The van der Waals surface area contributed by atoms with E-state index >= 15 is 0 Å². The first-order chi connectivity index (χ1) is 6.59. The fraction of sp³-hybridized carbons (Fsp3) is 0.600. The highest BCUT2D eigenvalue weighted by Gasteiger charge is 2.18. The van der Waals surface area contributed by atoms with Crippen molar-refractivity contribution in [2.24, 2.45) is 5.92 Å². The molecule has 0 saturated carbocycles. The summed E-state index contributed by atoms with van der Waals surface area (Å²) in [6.45, 7) is 3.53. The molecule has 1 aliphatic rings. The lowest BCUT2D eigenvalue weighted by atomic mass is 10.0. The Morgan fingerprint density at radius 2 is 2.14 bits per heavy atom. The zero-order valence-corrected chi connectivity index (χ0v) is 8.23. The average molecular weight is 196 g/mol. The molecule has 4 heteroatoms. The second-order valence-corrected chi connectivity index (χ2v) is 3.68. The molecule has 0 aromatic carbocycles. The summed E-state index contributed by atoms with van der Waals surface area (Å²) in [7, 11) is 0. The highest BCUT2D eigenvalue weighted by molar-refractivity contribution is 5.93. The lowest BCUT2D eigenvalue weighted by Gasteiger charge is -2.30. The molecule has 1 amide bonds. The fourth-order valence-corrected chi connectivity index (χ4v) is 1.63. The number of carboxylic acids is 1. The lowest BCUT2D eigenvalue weighted by molar-refractivity contribution is -0.297. The molecule has 1 fully saturated rings. The second kappa shape index (κ2) is 4.79. The number of rotatable bonds is 2. The summed E-state index contributed by atoms with van der Waals surface area (Å²) in [5, 5.41) is 10.1. The summed E-state index contributed by atoms with van der Waals surface area (Å²) in [5.41, 5.74) is 0. The number of likely N-dealkylation sites (tertiary alicyclic amines) is 1. The highest BCUT2D eigenvalue weighted by atomic mass is 16.4. The normalized spacial score (nSPS) is 22.6. The molecule has 0 aliphatic carbocycles. The van der Waals surface area contributed by atoms with Crippen molar-refractivity contribution in [1.29, 1.82) is 0 Å². The molecule has 1 rings (SSSR count). The van der Waals surface area contributed by atoms with Crippen LogP contribution in [0.3, 0.4) is 0 Å². The summed E-state index contributed by atoms with van der Waals surface area (Å²) < 4.78 is 0. The molecule has 1 atom stereocenters. The Bertz CT molecular complexity index is 260. The van der Waals surface area contributed by atoms with Crippen LogP contribution in [0, 0.1) is 5.92 Å². The number of carboxylic acid groups (broad SMARTS) is 1. The average Bonchev–Trinajstić information content (AvgIpc) is 2.14. The first-order valence-corrected chi connectivity index (χ1v) is 4.77. The quantitative estimate of drug-likeness (QED) is 0.562. The number of aliphatic carboxylic acids is 1. The van der Waals surface area contributed by atoms with E-state index < -0.39 is 5.97 Å². The van der Waals surface area contributed by atoms with E-state index in [1.807, 2.05) is 0 Å². The molecule has 0 aromatic heterocycles. The summed E-state index contributed by atoms with van der Waals surface area (Å²) in [5.74, 6) is -1.06. The van der Waals surface area contributed by atoms with Crippen LogP contribution >= 0.6 is 0 Å². The van der Waals surface area contributed by atoms with Crippen molar-refractivity contribution < 1.29 is 14.7 Å². The molecule has 1 aliphatic heterocycles. The molecule has 78 valence electrons. The van der Waals surface area contributed by atoms with E-state index in [9.17, 15) is 14.7 Å². The number of amides is 1. The Morgan fingerprint density at radius 3 is 2.71 bits per heavy atom. The largest absolute Gasteiger partial charge is 0.545 e. The molecule has 1 heterocycles. The standard InChI is InChI=1S/C10H15NO3/c1-8-3-2-6-11(7-8)9(12)4-5-10(13)14/h4-5,8H,2-3,6-7H2,1H3,(H,13,14)/p-1/b5-4+/t8-/m0/s1. The zero-order chi connectivity index (χ0) is 10.6. The van der Waals surface area contributed by atoms with Gasteiger partial charge in [-0.15, -0.1) is 0 Å². The van der Waals surface area contributed by atoms with Gasteiger partial charge in [0.25, 0.3) is 0 Å². The van der Waals surface area contributed by atoms with Crippen LogP contribution in [0.2, 0.25) is 0 Å². The molecular weight excluding hydrogens is 182 g/mol. The van der Waals surface area contributed by atoms with Crippen LogP contribution in [0.1, 0.15) is 19.8 Å². The SMILES string of the molecule is C[C@H]1CCCN(C(=O)/C=C/C(=O)[O-])C1. The van der Waals surface area contributed by atoms with E-state index in [1.54, 1.807) is 4.90 Å². The summed E-state index contributed by atoms with van der Waals surface area (Å²) in [4.78, 5) is 23.2. The van der Waals surface area contributed by atoms with Crippen molar-refractivity contribution in [3.63, 3.8) is 0 Å². The molecule has 0 unspecified atom stereocenters. The van der Waals surface area contributed by atoms with Gasteiger partial charge in [0.1, 0.15) is 0 Å². The Labute approximate surface area is 83.2 Å². The van der Waals surface area contributed by atoms with Gasteiger partial charge in [-0.1, -0.05) is 6.92 Å². The highest BCUT2D eigenvalue weighted by Crippen LogP contribution is 2.15. The van der Waals surface area contributed by atoms with Gasteiger partial charge in [0.05, 0.1) is 5.97 Å². The van der Waals surface area contributed by atoms with Crippen molar-refractivity contribution in [3.8, 4) is 0 Å². The van der Waals surface area contributed by atoms with Gasteiger partial charge < -0.3 is 14.8 Å². The molecule has 14 heavy (non-hydrogen) atoms. The molecule has 0 N–H and O–H groups in total. The summed E-state index contributed by atoms with van der Waals surface area (Å²) in [6, 6.07) is 0. The van der Waals surface area contributed by atoms with Crippen LogP contribution in [-0.4, -0.2) is 29.9 Å². The molecule has 1 saturated heterocycles. The van der Waals surface area contributed by atoms with Crippen LogP contribution < -0.4 is 5.11 Å². The van der Waals surface area contributed by atoms with Crippen LogP contribution in [0.4, 0.5) is 0 Å². The number of hydrogen-bond donors (Lipinski definition) is 0. The minimum atomic E-state index is -1.33. The monoisotopic (exact) mass is 196 g/mol. The van der Waals surface area contributed by atoms with Crippen molar-refractivity contribution in [3.05, 3.63) is 12.2 Å². The maximum atomic E-state index is 11.4.